The molecule has 0 radical (unpaired) electrons. The van der Waals surface area contributed by atoms with Crippen LogP contribution in [0.4, 0.5) is 0 Å². The molecule has 2 saturated heterocycles. The van der Waals surface area contributed by atoms with Crippen molar-refractivity contribution in [1.29, 1.82) is 0 Å². The first kappa shape index (κ1) is 26.0. The molecular weight excluding hydrogens is 500 g/mol. The molecule has 4 aromatic rings. The van der Waals surface area contributed by atoms with E-state index in [2.05, 4.69) is 9.97 Å². The van der Waals surface area contributed by atoms with Crippen LogP contribution in [0.15, 0.2) is 79.0 Å². The number of nitrogens with one attached hydrogen (secondary N) is 1. The number of fused-ring (bicyclic) bond motifs is 3. The van der Waals surface area contributed by atoms with Gasteiger partial charge < -0.3 is 14.8 Å². The second-order valence-electron chi connectivity index (χ2n) is 12.1. The summed E-state index contributed by atoms with van der Waals surface area (Å²) in [5.41, 5.74) is 3.50. The average molecular weight is 535 g/mol. The fourth-order valence-corrected chi connectivity index (χ4v) is 6.14. The Labute approximate surface area is 234 Å². The molecule has 3 atom stereocenters. The molecule has 4 heterocycles. The molecule has 6 rings (SSSR count). The highest BCUT2D eigenvalue weighted by molar-refractivity contribution is 6.01. The predicted octanol–water partition coefficient (Wildman–Crippen LogP) is 5.59. The topological polar surface area (TPSA) is 86.4 Å². The fraction of sp³-hybridized carbons (Fsp3) is 0.333. The van der Waals surface area contributed by atoms with Crippen LogP contribution in [0.1, 0.15) is 54.6 Å². The third-order valence-corrected chi connectivity index (χ3v) is 8.44. The number of benzene rings is 2. The molecule has 2 fully saturated rings. The standard InChI is InChI=1S/C33H34N4O3/c1-33(2,3)26(17-30(38)29-15-22-11-7-8-12-27(22)35-29)31(39)36-19-25-16-24(36)20-37(25)32(40)28-14-13-23(18-34-28)21-9-5-4-6-10-21/h4-15,18,24-26,35H,16-17,19-20H2,1-3H3/t24-,25-,26+/m0/s1. The van der Waals surface area contributed by atoms with Gasteiger partial charge >= 0.3 is 0 Å². The minimum Gasteiger partial charge on any atom is -0.352 e. The number of ketones is 1. The number of carbonyl (C=O) groups is 3. The van der Waals surface area contributed by atoms with E-state index in [0.29, 0.717) is 24.5 Å². The highest BCUT2D eigenvalue weighted by Crippen LogP contribution is 2.38. The lowest BCUT2D eigenvalue weighted by molar-refractivity contribution is -0.141. The number of nitrogens with zero attached hydrogens (tertiary/aromatic N) is 3. The maximum absolute atomic E-state index is 13.9. The van der Waals surface area contributed by atoms with Gasteiger partial charge in [0, 0.05) is 42.2 Å². The Morgan fingerprint density at radius 1 is 0.900 bits per heavy atom. The number of hydrogen-bond donors (Lipinski definition) is 1. The minimum atomic E-state index is -0.456. The van der Waals surface area contributed by atoms with E-state index < -0.39 is 5.92 Å². The number of aromatic nitrogens is 2. The van der Waals surface area contributed by atoms with Gasteiger partial charge in [-0.1, -0.05) is 75.4 Å². The third-order valence-electron chi connectivity index (χ3n) is 8.44. The summed E-state index contributed by atoms with van der Waals surface area (Å²) in [5, 5.41) is 0.982. The number of H-pyrrole nitrogens is 1. The average Bonchev–Trinajstić information content (AvgIpc) is 3.69. The van der Waals surface area contributed by atoms with Crippen molar-refractivity contribution < 1.29 is 14.4 Å². The Balaban J connectivity index is 1.13. The molecule has 2 bridgehead atoms. The molecule has 0 saturated carbocycles. The quantitative estimate of drug-likeness (QED) is 0.327. The van der Waals surface area contributed by atoms with Gasteiger partial charge in [-0.15, -0.1) is 0 Å². The molecule has 2 aliphatic heterocycles. The summed E-state index contributed by atoms with van der Waals surface area (Å²) in [4.78, 5) is 52.0. The van der Waals surface area contributed by atoms with Gasteiger partial charge in [0.15, 0.2) is 5.78 Å². The highest BCUT2D eigenvalue weighted by Gasteiger charge is 2.50. The van der Waals surface area contributed by atoms with Crippen LogP contribution in [-0.4, -0.2) is 62.5 Å². The molecule has 2 aliphatic rings. The zero-order valence-electron chi connectivity index (χ0n) is 23.1. The van der Waals surface area contributed by atoms with Crippen LogP contribution in [0.5, 0.6) is 0 Å². The lowest BCUT2D eigenvalue weighted by atomic mass is 9.76. The first-order valence-electron chi connectivity index (χ1n) is 13.9. The predicted molar refractivity (Wildman–Crippen MR) is 155 cm³/mol. The van der Waals surface area contributed by atoms with E-state index in [-0.39, 0.29) is 41.5 Å². The van der Waals surface area contributed by atoms with Crippen molar-refractivity contribution >= 4 is 28.5 Å². The second-order valence-corrected chi connectivity index (χ2v) is 12.1. The van der Waals surface area contributed by atoms with E-state index >= 15 is 0 Å². The normalized spacial score (nSPS) is 19.3. The van der Waals surface area contributed by atoms with Crippen LogP contribution in [0.25, 0.3) is 22.0 Å². The van der Waals surface area contributed by atoms with Gasteiger partial charge in [0.2, 0.25) is 5.91 Å². The van der Waals surface area contributed by atoms with Crippen molar-refractivity contribution in [3.63, 3.8) is 0 Å². The van der Waals surface area contributed by atoms with E-state index in [4.69, 9.17) is 0 Å². The van der Waals surface area contributed by atoms with E-state index in [9.17, 15) is 14.4 Å². The summed E-state index contributed by atoms with van der Waals surface area (Å²) in [6.45, 7) is 7.03. The number of aromatic amines is 1. The number of rotatable bonds is 6. The van der Waals surface area contributed by atoms with E-state index in [0.717, 1.165) is 28.5 Å². The van der Waals surface area contributed by atoms with E-state index in [1.54, 1.807) is 12.3 Å². The summed E-state index contributed by atoms with van der Waals surface area (Å²) in [6, 6.07) is 23.2. The molecule has 40 heavy (non-hydrogen) atoms. The summed E-state index contributed by atoms with van der Waals surface area (Å²) < 4.78 is 0. The van der Waals surface area contributed by atoms with Crippen molar-refractivity contribution in [3.05, 3.63) is 90.4 Å². The first-order chi connectivity index (χ1) is 19.2. The van der Waals surface area contributed by atoms with Crippen molar-refractivity contribution in [2.45, 2.75) is 45.7 Å². The molecule has 0 aliphatic carbocycles. The SMILES string of the molecule is CC(C)(C)[C@H](CC(=O)c1cc2ccccc2[nH]1)C(=O)N1C[C@@H]2C[C@H]1CN2C(=O)c1ccc(-c2ccccc2)cn1. The smallest absolute Gasteiger partial charge is 0.272 e. The Morgan fingerprint density at radius 3 is 2.25 bits per heavy atom. The summed E-state index contributed by atoms with van der Waals surface area (Å²) in [7, 11) is 0. The Hall–Kier alpha value is -4.26. The molecule has 7 nitrogen and oxygen atoms in total. The van der Waals surface area contributed by atoms with Gasteiger partial charge in [-0.3, -0.25) is 19.4 Å². The molecule has 2 aromatic carbocycles. The molecule has 0 spiro atoms. The fourth-order valence-electron chi connectivity index (χ4n) is 6.14. The number of piperazine rings is 1. The van der Waals surface area contributed by atoms with Gasteiger partial charge in [0.05, 0.1) is 23.7 Å². The van der Waals surface area contributed by atoms with Crippen LogP contribution in [-0.2, 0) is 4.79 Å². The second kappa shape index (κ2) is 10.0. The molecular formula is C33H34N4O3. The Kier molecular flexibility index (Phi) is 6.53. The van der Waals surface area contributed by atoms with Crippen molar-refractivity contribution in [2.75, 3.05) is 13.1 Å². The van der Waals surface area contributed by atoms with Crippen molar-refractivity contribution in [2.24, 2.45) is 11.3 Å². The van der Waals surface area contributed by atoms with E-state index in [1.807, 2.05) is 97.3 Å². The van der Waals surface area contributed by atoms with E-state index in [1.165, 1.54) is 0 Å². The lowest BCUT2D eigenvalue weighted by Crippen LogP contribution is -2.53. The first-order valence-corrected chi connectivity index (χ1v) is 13.9. The Morgan fingerprint density at radius 2 is 1.60 bits per heavy atom. The maximum Gasteiger partial charge on any atom is 0.272 e. The third kappa shape index (κ3) is 4.81. The number of Topliss-reactive ketones (excluding diaryl/α,β-unsaturated/α-hetero) is 1. The molecule has 1 N–H and O–H groups in total. The van der Waals surface area contributed by atoms with Crippen molar-refractivity contribution in [1.82, 2.24) is 19.8 Å². The number of likely N-dealkylation sites (tertiary alicyclic amines) is 2. The number of amides is 2. The van der Waals surface area contributed by atoms with Crippen LogP contribution in [0, 0.1) is 11.3 Å². The summed E-state index contributed by atoms with van der Waals surface area (Å²) in [6.07, 6.45) is 2.64. The lowest BCUT2D eigenvalue weighted by Gasteiger charge is -2.39. The van der Waals surface area contributed by atoms with Crippen LogP contribution < -0.4 is 0 Å². The van der Waals surface area contributed by atoms with Gasteiger partial charge in [0.25, 0.3) is 5.91 Å². The van der Waals surface area contributed by atoms with Gasteiger partial charge in [-0.05, 0) is 35.6 Å². The minimum absolute atomic E-state index is 0.00176. The highest BCUT2D eigenvalue weighted by atomic mass is 16.2. The zero-order chi connectivity index (χ0) is 28.0. The molecule has 204 valence electrons. The van der Waals surface area contributed by atoms with Crippen LogP contribution in [0.2, 0.25) is 0 Å². The maximum atomic E-state index is 13.9. The summed E-state index contributed by atoms with van der Waals surface area (Å²) in [5.74, 6) is -0.611. The van der Waals surface area contributed by atoms with Gasteiger partial charge in [0.1, 0.15) is 5.69 Å². The molecule has 7 heteroatoms. The van der Waals surface area contributed by atoms with Crippen molar-refractivity contribution in [3.8, 4) is 11.1 Å². The number of hydrogen-bond acceptors (Lipinski definition) is 4. The van der Waals surface area contributed by atoms with Crippen LogP contribution >= 0.6 is 0 Å². The molecule has 2 aromatic heterocycles. The number of pyridine rings is 1. The van der Waals surface area contributed by atoms with Gasteiger partial charge in [-0.25, -0.2) is 0 Å². The largest absolute Gasteiger partial charge is 0.352 e. The molecule has 2 amide bonds. The van der Waals surface area contributed by atoms with Gasteiger partial charge in [-0.2, -0.15) is 0 Å². The number of para-hydroxylation sites is 1. The zero-order valence-corrected chi connectivity index (χ0v) is 23.1. The Bertz CT molecular complexity index is 1540. The molecule has 0 unspecified atom stereocenters. The van der Waals surface area contributed by atoms with Crippen LogP contribution in [0.3, 0.4) is 0 Å². The number of carbonyl (C=O) groups excluding carboxylic acids is 3. The monoisotopic (exact) mass is 534 g/mol. The summed E-state index contributed by atoms with van der Waals surface area (Å²) >= 11 is 0.